The van der Waals surface area contributed by atoms with Gasteiger partial charge < -0.3 is 10.5 Å². The SMILES string of the molecule is CCC(N)Cc1cc(Br)c(OCC2CC2)c(Br)c1. The van der Waals surface area contributed by atoms with Gasteiger partial charge in [0, 0.05) is 6.04 Å². The Morgan fingerprint density at radius 3 is 2.44 bits per heavy atom. The number of hydrogen-bond donors (Lipinski definition) is 1. The summed E-state index contributed by atoms with van der Waals surface area (Å²) in [6.45, 7) is 2.94. The van der Waals surface area contributed by atoms with Gasteiger partial charge in [0.05, 0.1) is 15.6 Å². The highest BCUT2D eigenvalue weighted by molar-refractivity contribution is 9.11. The van der Waals surface area contributed by atoms with Crippen molar-refractivity contribution >= 4 is 31.9 Å². The molecule has 0 amide bonds. The molecule has 1 aromatic rings. The van der Waals surface area contributed by atoms with Crippen LogP contribution in [-0.4, -0.2) is 12.6 Å². The maximum Gasteiger partial charge on any atom is 0.147 e. The number of nitrogens with two attached hydrogens (primary N) is 1. The minimum absolute atomic E-state index is 0.224. The van der Waals surface area contributed by atoms with Crippen molar-refractivity contribution in [1.82, 2.24) is 0 Å². The lowest BCUT2D eigenvalue weighted by Crippen LogP contribution is -2.21. The lowest BCUT2D eigenvalue weighted by molar-refractivity contribution is 0.296. The molecule has 0 heterocycles. The van der Waals surface area contributed by atoms with E-state index in [1.807, 2.05) is 0 Å². The molecule has 1 saturated carbocycles. The third kappa shape index (κ3) is 3.97. The summed E-state index contributed by atoms with van der Waals surface area (Å²) in [5.74, 6) is 1.67. The maximum atomic E-state index is 5.99. The molecule has 2 rings (SSSR count). The molecule has 1 fully saturated rings. The highest BCUT2D eigenvalue weighted by Crippen LogP contribution is 2.37. The van der Waals surface area contributed by atoms with Crippen molar-refractivity contribution in [2.75, 3.05) is 6.61 Å². The topological polar surface area (TPSA) is 35.2 Å². The lowest BCUT2D eigenvalue weighted by Gasteiger charge is -2.14. The minimum Gasteiger partial charge on any atom is -0.491 e. The van der Waals surface area contributed by atoms with Gasteiger partial charge in [-0.2, -0.15) is 0 Å². The zero-order valence-electron chi connectivity index (χ0n) is 10.6. The van der Waals surface area contributed by atoms with Crippen molar-refractivity contribution in [2.24, 2.45) is 11.7 Å². The van der Waals surface area contributed by atoms with Gasteiger partial charge in [-0.15, -0.1) is 0 Å². The molecule has 2 nitrogen and oxygen atoms in total. The number of halogens is 2. The smallest absolute Gasteiger partial charge is 0.147 e. The van der Waals surface area contributed by atoms with Gasteiger partial charge in [-0.05, 0) is 81.2 Å². The Kier molecular flexibility index (Phi) is 5.10. The molecule has 0 spiro atoms. The van der Waals surface area contributed by atoms with E-state index in [0.717, 1.165) is 40.1 Å². The van der Waals surface area contributed by atoms with E-state index in [1.54, 1.807) is 0 Å². The van der Waals surface area contributed by atoms with Gasteiger partial charge in [0.1, 0.15) is 5.75 Å². The molecule has 1 aromatic carbocycles. The second kappa shape index (κ2) is 6.40. The van der Waals surface area contributed by atoms with E-state index >= 15 is 0 Å². The van der Waals surface area contributed by atoms with Crippen LogP contribution in [0.2, 0.25) is 0 Å². The second-order valence-corrected chi connectivity index (χ2v) is 6.72. The van der Waals surface area contributed by atoms with E-state index in [-0.39, 0.29) is 6.04 Å². The van der Waals surface area contributed by atoms with Gasteiger partial charge in [0.2, 0.25) is 0 Å². The molecular weight excluding hydrogens is 358 g/mol. The highest BCUT2D eigenvalue weighted by atomic mass is 79.9. The van der Waals surface area contributed by atoms with Crippen LogP contribution in [0.4, 0.5) is 0 Å². The Morgan fingerprint density at radius 1 is 1.33 bits per heavy atom. The van der Waals surface area contributed by atoms with Crippen LogP contribution in [0, 0.1) is 5.92 Å². The van der Waals surface area contributed by atoms with E-state index in [1.165, 1.54) is 18.4 Å². The third-order valence-electron chi connectivity index (χ3n) is 3.24. The van der Waals surface area contributed by atoms with E-state index < -0.39 is 0 Å². The Morgan fingerprint density at radius 2 is 1.94 bits per heavy atom. The Balaban J connectivity index is 2.06. The maximum absolute atomic E-state index is 5.99. The van der Waals surface area contributed by atoms with Crippen molar-refractivity contribution in [3.8, 4) is 5.75 Å². The second-order valence-electron chi connectivity index (χ2n) is 5.02. The molecule has 2 N–H and O–H groups in total. The van der Waals surface area contributed by atoms with Gasteiger partial charge >= 0.3 is 0 Å². The molecule has 1 aliphatic rings. The van der Waals surface area contributed by atoms with Crippen LogP contribution >= 0.6 is 31.9 Å². The summed E-state index contributed by atoms with van der Waals surface area (Å²) < 4.78 is 7.87. The van der Waals surface area contributed by atoms with E-state index in [9.17, 15) is 0 Å². The molecular formula is C14H19Br2NO. The quantitative estimate of drug-likeness (QED) is 0.804. The van der Waals surface area contributed by atoms with Crippen molar-refractivity contribution in [3.63, 3.8) is 0 Å². The first-order valence-corrected chi connectivity index (χ1v) is 8.05. The fourth-order valence-corrected chi connectivity index (χ4v) is 3.31. The summed E-state index contributed by atoms with van der Waals surface area (Å²) in [4.78, 5) is 0. The van der Waals surface area contributed by atoms with Gasteiger partial charge in [-0.3, -0.25) is 0 Å². The zero-order valence-corrected chi connectivity index (χ0v) is 13.8. The molecule has 1 aliphatic carbocycles. The predicted octanol–water partition coefficient (Wildman–Crippen LogP) is 4.28. The summed E-state index contributed by atoms with van der Waals surface area (Å²) in [6, 6.07) is 4.45. The molecule has 4 heteroatoms. The molecule has 0 saturated heterocycles. The van der Waals surface area contributed by atoms with Crippen molar-refractivity contribution in [2.45, 2.75) is 38.6 Å². The van der Waals surface area contributed by atoms with Crippen LogP contribution in [0.1, 0.15) is 31.7 Å². The van der Waals surface area contributed by atoms with Gasteiger partial charge in [0.25, 0.3) is 0 Å². The van der Waals surface area contributed by atoms with Crippen LogP contribution in [0.25, 0.3) is 0 Å². The molecule has 1 atom stereocenters. The van der Waals surface area contributed by atoms with Crippen LogP contribution < -0.4 is 10.5 Å². The van der Waals surface area contributed by atoms with Gasteiger partial charge in [-0.1, -0.05) is 6.92 Å². The van der Waals surface area contributed by atoms with Crippen molar-refractivity contribution < 1.29 is 4.74 Å². The van der Waals surface area contributed by atoms with Crippen LogP contribution in [0.5, 0.6) is 5.75 Å². The normalized spacial score (nSPS) is 16.7. The number of benzene rings is 1. The van der Waals surface area contributed by atoms with Gasteiger partial charge in [0.15, 0.2) is 0 Å². The number of ether oxygens (including phenoxy) is 1. The summed E-state index contributed by atoms with van der Waals surface area (Å²) in [6.07, 6.45) is 4.50. The van der Waals surface area contributed by atoms with Crippen LogP contribution in [0.3, 0.4) is 0 Å². The number of rotatable bonds is 6. The predicted molar refractivity (Wildman–Crippen MR) is 82.0 cm³/mol. The average molecular weight is 377 g/mol. The molecule has 0 bridgehead atoms. The Hall–Kier alpha value is -0.0600. The molecule has 100 valence electrons. The lowest BCUT2D eigenvalue weighted by atomic mass is 10.0. The average Bonchev–Trinajstić information content (AvgIpc) is 3.11. The van der Waals surface area contributed by atoms with Crippen molar-refractivity contribution in [1.29, 1.82) is 0 Å². The first-order valence-electron chi connectivity index (χ1n) is 6.46. The van der Waals surface area contributed by atoms with Crippen LogP contribution in [0.15, 0.2) is 21.1 Å². The summed E-state index contributed by atoms with van der Waals surface area (Å²) in [5.41, 5.74) is 7.23. The fraction of sp³-hybridized carbons (Fsp3) is 0.571. The monoisotopic (exact) mass is 375 g/mol. The first kappa shape index (κ1) is 14.4. The molecule has 18 heavy (non-hydrogen) atoms. The highest BCUT2D eigenvalue weighted by Gasteiger charge is 2.23. The van der Waals surface area contributed by atoms with Crippen molar-refractivity contribution in [3.05, 3.63) is 26.6 Å². The summed E-state index contributed by atoms with van der Waals surface area (Å²) in [7, 11) is 0. The minimum atomic E-state index is 0.224. The Bertz CT molecular complexity index is 395. The largest absolute Gasteiger partial charge is 0.491 e. The Labute approximate surface area is 126 Å². The molecule has 0 aliphatic heterocycles. The fourth-order valence-electron chi connectivity index (χ4n) is 1.80. The van der Waals surface area contributed by atoms with E-state index in [2.05, 4.69) is 50.9 Å². The van der Waals surface area contributed by atoms with Crippen LogP contribution in [-0.2, 0) is 6.42 Å². The molecule has 0 radical (unpaired) electrons. The third-order valence-corrected chi connectivity index (χ3v) is 4.42. The molecule has 1 unspecified atom stereocenters. The summed E-state index contributed by atoms with van der Waals surface area (Å²) in [5, 5.41) is 0. The standard InChI is InChI=1S/C14H19Br2NO/c1-2-11(17)5-10-6-12(15)14(13(16)7-10)18-8-9-3-4-9/h6-7,9,11H,2-5,8,17H2,1H3. The van der Waals surface area contributed by atoms with Gasteiger partial charge in [-0.25, -0.2) is 0 Å². The first-order chi connectivity index (χ1) is 8.60. The number of hydrogen-bond acceptors (Lipinski definition) is 2. The summed E-state index contributed by atoms with van der Waals surface area (Å²) >= 11 is 7.17. The van der Waals surface area contributed by atoms with E-state index in [0.29, 0.717) is 0 Å². The zero-order chi connectivity index (χ0) is 13.1. The molecule has 0 aromatic heterocycles. The van der Waals surface area contributed by atoms with E-state index in [4.69, 9.17) is 10.5 Å².